The van der Waals surface area contributed by atoms with E-state index >= 15 is 0 Å². The lowest BCUT2D eigenvalue weighted by molar-refractivity contribution is 0.0499. The van der Waals surface area contributed by atoms with Crippen LogP contribution < -0.4 is 4.74 Å². The minimum Gasteiger partial charge on any atom is -0.478 e. The van der Waals surface area contributed by atoms with Gasteiger partial charge in [-0.3, -0.25) is 0 Å². The molecule has 1 aromatic rings. The Morgan fingerprint density at radius 2 is 1.89 bits per heavy atom. The van der Waals surface area contributed by atoms with Crippen LogP contribution in [0.1, 0.15) is 49.9 Å². The van der Waals surface area contributed by atoms with E-state index in [1.165, 1.54) is 6.20 Å². The summed E-state index contributed by atoms with van der Waals surface area (Å²) < 4.78 is 10.5. The quantitative estimate of drug-likeness (QED) is 0.526. The molecule has 0 N–H and O–H groups in total. The van der Waals surface area contributed by atoms with Gasteiger partial charge >= 0.3 is 5.97 Å². The van der Waals surface area contributed by atoms with E-state index in [1.807, 2.05) is 0 Å². The summed E-state index contributed by atoms with van der Waals surface area (Å²) in [6, 6.07) is 3.38. The smallest absolute Gasteiger partial charge is 0.339 e. The molecule has 4 nitrogen and oxygen atoms in total. The molecule has 18 heavy (non-hydrogen) atoms. The predicted octanol–water partition coefficient (Wildman–Crippen LogP) is 3.22. The molecular formula is C14H21NO3. The topological polar surface area (TPSA) is 48.4 Å². The summed E-state index contributed by atoms with van der Waals surface area (Å²) in [6.45, 7) is 5.28. The number of unbranched alkanes of at least 4 members (excludes halogenated alkanes) is 2. The summed E-state index contributed by atoms with van der Waals surface area (Å²) in [6.07, 6.45) is 5.48. The second-order valence-electron chi connectivity index (χ2n) is 4.08. The van der Waals surface area contributed by atoms with Gasteiger partial charge in [0.2, 0.25) is 5.88 Å². The van der Waals surface area contributed by atoms with E-state index in [0.717, 1.165) is 25.7 Å². The lowest BCUT2D eigenvalue weighted by Gasteiger charge is -2.06. The molecule has 4 heteroatoms. The van der Waals surface area contributed by atoms with Crippen molar-refractivity contribution in [1.82, 2.24) is 4.98 Å². The zero-order valence-electron chi connectivity index (χ0n) is 11.1. The Labute approximate surface area is 108 Å². The van der Waals surface area contributed by atoms with Crippen LogP contribution in [0, 0.1) is 0 Å². The van der Waals surface area contributed by atoms with Crippen LogP contribution in [0.2, 0.25) is 0 Å². The summed E-state index contributed by atoms with van der Waals surface area (Å²) >= 11 is 0. The molecule has 0 aliphatic heterocycles. The molecule has 0 amide bonds. The zero-order chi connectivity index (χ0) is 13.2. The number of nitrogens with zero attached hydrogens (tertiary/aromatic N) is 1. The number of carbonyl (C=O) groups excluding carboxylic acids is 1. The van der Waals surface area contributed by atoms with E-state index in [4.69, 9.17) is 9.47 Å². The monoisotopic (exact) mass is 251 g/mol. The van der Waals surface area contributed by atoms with Crippen molar-refractivity contribution in [2.24, 2.45) is 0 Å². The van der Waals surface area contributed by atoms with Gasteiger partial charge in [-0.05, 0) is 18.9 Å². The highest BCUT2D eigenvalue weighted by Crippen LogP contribution is 2.09. The highest BCUT2D eigenvalue weighted by Gasteiger charge is 2.07. The van der Waals surface area contributed by atoms with Gasteiger partial charge in [0.25, 0.3) is 0 Å². The number of carbonyl (C=O) groups is 1. The van der Waals surface area contributed by atoms with E-state index in [2.05, 4.69) is 18.8 Å². The van der Waals surface area contributed by atoms with Crippen molar-refractivity contribution in [2.45, 2.75) is 39.5 Å². The molecule has 1 aromatic heterocycles. The molecule has 0 saturated carbocycles. The Morgan fingerprint density at radius 1 is 1.17 bits per heavy atom. The maximum Gasteiger partial charge on any atom is 0.339 e. The van der Waals surface area contributed by atoms with Crippen LogP contribution in [0.3, 0.4) is 0 Å². The Bertz CT molecular complexity index is 349. The molecule has 1 heterocycles. The largest absolute Gasteiger partial charge is 0.478 e. The minimum absolute atomic E-state index is 0.323. The van der Waals surface area contributed by atoms with E-state index < -0.39 is 0 Å². The van der Waals surface area contributed by atoms with Crippen LogP contribution in [-0.2, 0) is 4.74 Å². The van der Waals surface area contributed by atoms with Crippen LogP contribution >= 0.6 is 0 Å². The van der Waals surface area contributed by atoms with Crippen LogP contribution in [0.15, 0.2) is 18.3 Å². The molecule has 0 radical (unpaired) electrons. The first kappa shape index (κ1) is 14.5. The van der Waals surface area contributed by atoms with Gasteiger partial charge in [0.05, 0.1) is 18.8 Å². The summed E-state index contributed by atoms with van der Waals surface area (Å²) in [7, 11) is 0. The van der Waals surface area contributed by atoms with Crippen molar-refractivity contribution in [3.8, 4) is 5.88 Å². The maximum absolute atomic E-state index is 11.6. The minimum atomic E-state index is -0.323. The van der Waals surface area contributed by atoms with Crippen molar-refractivity contribution in [3.63, 3.8) is 0 Å². The van der Waals surface area contributed by atoms with Crippen LogP contribution in [0.4, 0.5) is 0 Å². The van der Waals surface area contributed by atoms with Gasteiger partial charge in [-0.15, -0.1) is 0 Å². The van der Waals surface area contributed by atoms with Crippen molar-refractivity contribution >= 4 is 5.97 Å². The number of rotatable bonds is 8. The van der Waals surface area contributed by atoms with Crippen molar-refractivity contribution in [3.05, 3.63) is 23.9 Å². The van der Waals surface area contributed by atoms with E-state index in [9.17, 15) is 4.79 Å². The molecule has 0 unspecified atom stereocenters. The van der Waals surface area contributed by atoms with Crippen LogP contribution in [-0.4, -0.2) is 24.2 Å². The number of hydrogen-bond acceptors (Lipinski definition) is 4. The predicted molar refractivity (Wildman–Crippen MR) is 69.8 cm³/mol. The van der Waals surface area contributed by atoms with Crippen LogP contribution in [0.25, 0.3) is 0 Å². The second kappa shape index (κ2) is 8.50. The van der Waals surface area contributed by atoms with Gasteiger partial charge in [-0.25, -0.2) is 9.78 Å². The van der Waals surface area contributed by atoms with Gasteiger partial charge in [-0.1, -0.05) is 26.7 Å². The number of esters is 1. The van der Waals surface area contributed by atoms with Crippen molar-refractivity contribution < 1.29 is 14.3 Å². The molecule has 0 aromatic carbocycles. The maximum atomic E-state index is 11.6. The summed E-state index contributed by atoms with van der Waals surface area (Å²) in [5, 5.41) is 0. The standard InChI is InChI=1S/C14H21NO3/c1-3-5-9-17-13-8-7-12(11-15-13)14(16)18-10-6-4-2/h7-8,11H,3-6,9-10H2,1-2H3. The molecule has 0 fully saturated rings. The Kier molecular flexibility index (Phi) is 6.84. The third-order valence-corrected chi connectivity index (χ3v) is 2.45. The third-order valence-electron chi connectivity index (χ3n) is 2.45. The molecule has 0 aliphatic rings. The summed E-state index contributed by atoms with van der Waals surface area (Å²) in [5.74, 6) is 0.226. The van der Waals surface area contributed by atoms with Crippen molar-refractivity contribution in [2.75, 3.05) is 13.2 Å². The molecule has 1 rings (SSSR count). The van der Waals surface area contributed by atoms with Gasteiger partial charge in [0.15, 0.2) is 0 Å². The average molecular weight is 251 g/mol. The normalized spacial score (nSPS) is 10.1. The lowest BCUT2D eigenvalue weighted by atomic mass is 10.3. The first-order chi connectivity index (χ1) is 8.77. The molecule has 0 bridgehead atoms. The van der Waals surface area contributed by atoms with E-state index in [-0.39, 0.29) is 5.97 Å². The number of aromatic nitrogens is 1. The number of ether oxygens (including phenoxy) is 2. The summed E-state index contributed by atoms with van der Waals surface area (Å²) in [5.41, 5.74) is 0.467. The average Bonchev–Trinajstić information content (AvgIpc) is 2.40. The lowest BCUT2D eigenvalue weighted by Crippen LogP contribution is -2.07. The Balaban J connectivity index is 2.41. The Hall–Kier alpha value is -1.58. The Morgan fingerprint density at radius 3 is 2.50 bits per heavy atom. The molecule has 100 valence electrons. The second-order valence-corrected chi connectivity index (χ2v) is 4.08. The highest BCUT2D eigenvalue weighted by atomic mass is 16.5. The first-order valence-electron chi connectivity index (χ1n) is 6.54. The molecular weight excluding hydrogens is 230 g/mol. The fourth-order valence-electron chi connectivity index (χ4n) is 1.30. The zero-order valence-corrected chi connectivity index (χ0v) is 11.1. The molecule has 0 atom stereocenters. The van der Waals surface area contributed by atoms with Crippen LogP contribution in [0.5, 0.6) is 5.88 Å². The van der Waals surface area contributed by atoms with E-state index in [1.54, 1.807) is 12.1 Å². The first-order valence-corrected chi connectivity index (χ1v) is 6.54. The van der Waals surface area contributed by atoms with Gasteiger partial charge in [0.1, 0.15) is 0 Å². The fourth-order valence-corrected chi connectivity index (χ4v) is 1.30. The van der Waals surface area contributed by atoms with Gasteiger partial charge < -0.3 is 9.47 Å². The van der Waals surface area contributed by atoms with Gasteiger partial charge in [0, 0.05) is 12.3 Å². The molecule has 0 aliphatic carbocycles. The third kappa shape index (κ3) is 5.17. The van der Waals surface area contributed by atoms with Gasteiger partial charge in [-0.2, -0.15) is 0 Å². The number of hydrogen-bond donors (Lipinski definition) is 0. The fraction of sp³-hybridized carbons (Fsp3) is 0.571. The van der Waals surface area contributed by atoms with Crippen molar-refractivity contribution in [1.29, 1.82) is 0 Å². The molecule has 0 saturated heterocycles. The van der Waals surface area contributed by atoms with E-state index in [0.29, 0.717) is 24.7 Å². The summed E-state index contributed by atoms with van der Waals surface area (Å²) in [4.78, 5) is 15.7. The molecule has 0 spiro atoms. The SMILES string of the molecule is CCCCOC(=O)c1ccc(OCCCC)nc1. The number of pyridine rings is 1. The highest BCUT2D eigenvalue weighted by molar-refractivity contribution is 5.89.